The summed E-state index contributed by atoms with van der Waals surface area (Å²) in [6.45, 7) is 5.41. The molecule has 27 heavy (non-hydrogen) atoms. The summed E-state index contributed by atoms with van der Waals surface area (Å²) < 4.78 is 0. The van der Waals surface area contributed by atoms with Crippen molar-refractivity contribution in [1.29, 1.82) is 0 Å². The van der Waals surface area contributed by atoms with Crippen LogP contribution in [0.15, 0.2) is 24.3 Å². The van der Waals surface area contributed by atoms with Crippen LogP contribution in [0, 0.1) is 5.92 Å². The lowest BCUT2D eigenvalue weighted by atomic mass is 9.73. The predicted molar refractivity (Wildman–Crippen MR) is 103 cm³/mol. The molecule has 1 spiro atoms. The van der Waals surface area contributed by atoms with E-state index >= 15 is 0 Å². The van der Waals surface area contributed by atoms with Gasteiger partial charge in [-0.15, -0.1) is 0 Å². The van der Waals surface area contributed by atoms with Crippen LogP contribution < -0.4 is 10.2 Å². The fourth-order valence-electron chi connectivity index (χ4n) is 4.69. The molecule has 146 valence electrons. The Morgan fingerprint density at radius 1 is 1.15 bits per heavy atom. The molecule has 3 fully saturated rings. The van der Waals surface area contributed by atoms with Gasteiger partial charge in [-0.05, 0) is 30.9 Å². The SMILES string of the molecule is C[C@@H]1CCCC[C@]12NC(=O)N(CN1CCN(c3ccccc3O)CC1)C2=O. The molecule has 3 aliphatic rings. The molecular formula is C20H28N4O3. The predicted octanol–water partition coefficient (Wildman–Crippen LogP) is 1.97. The number of urea groups is 1. The van der Waals surface area contributed by atoms with Crippen LogP contribution in [-0.4, -0.2) is 65.2 Å². The van der Waals surface area contributed by atoms with Gasteiger partial charge in [-0.1, -0.05) is 31.9 Å². The number of imide groups is 1. The molecule has 0 unspecified atom stereocenters. The van der Waals surface area contributed by atoms with Gasteiger partial charge in [-0.2, -0.15) is 0 Å². The molecule has 2 atom stereocenters. The van der Waals surface area contributed by atoms with Gasteiger partial charge in [-0.3, -0.25) is 9.69 Å². The Hall–Kier alpha value is -2.28. The van der Waals surface area contributed by atoms with Gasteiger partial charge >= 0.3 is 6.03 Å². The highest BCUT2D eigenvalue weighted by Crippen LogP contribution is 2.38. The van der Waals surface area contributed by atoms with Crippen LogP contribution >= 0.6 is 0 Å². The van der Waals surface area contributed by atoms with Crippen molar-refractivity contribution in [1.82, 2.24) is 15.1 Å². The zero-order chi connectivity index (χ0) is 19.0. The number of rotatable bonds is 3. The summed E-state index contributed by atoms with van der Waals surface area (Å²) >= 11 is 0. The Balaban J connectivity index is 1.38. The van der Waals surface area contributed by atoms with Gasteiger partial charge in [-0.25, -0.2) is 9.69 Å². The highest BCUT2D eigenvalue weighted by Gasteiger charge is 2.55. The van der Waals surface area contributed by atoms with Crippen LogP contribution in [0.4, 0.5) is 10.5 Å². The van der Waals surface area contributed by atoms with Crippen molar-refractivity contribution in [2.24, 2.45) is 5.92 Å². The summed E-state index contributed by atoms with van der Waals surface area (Å²) in [5.74, 6) is 0.418. The zero-order valence-electron chi connectivity index (χ0n) is 15.9. The number of benzene rings is 1. The number of nitrogens with one attached hydrogen (secondary N) is 1. The van der Waals surface area contributed by atoms with E-state index in [1.54, 1.807) is 6.07 Å². The number of aromatic hydroxyl groups is 1. The molecular weight excluding hydrogens is 344 g/mol. The van der Waals surface area contributed by atoms with Crippen molar-refractivity contribution in [2.45, 2.75) is 38.1 Å². The molecule has 1 aromatic carbocycles. The Bertz CT molecular complexity index is 732. The normalized spacial score (nSPS) is 29.4. The molecule has 7 nitrogen and oxygen atoms in total. The minimum Gasteiger partial charge on any atom is -0.506 e. The molecule has 4 rings (SSSR count). The first-order valence-electron chi connectivity index (χ1n) is 9.91. The number of nitrogens with zero attached hydrogens (tertiary/aromatic N) is 3. The first-order chi connectivity index (χ1) is 13.0. The molecule has 0 bridgehead atoms. The first-order valence-corrected chi connectivity index (χ1v) is 9.91. The Labute approximate surface area is 159 Å². The van der Waals surface area contributed by atoms with Gasteiger partial charge in [0.15, 0.2) is 0 Å². The summed E-state index contributed by atoms with van der Waals surface area (Å²) in [6.07, 6.45) is 3.85. The molecule has 2 aliphatic heterocycles. The summed E-state index contributed by atoms with van der Waals surface area (Å²) in [4.78, 5) is 31.3. The maximum Gasteiger partial charge on any atom is 0.326 e. The van der Waals surface area contributed by atoms with Crippen molar-refractivity contribution in [2.75, 3.05) is 37.7 Å². The molecule has 1 saturated carbocycles. The number of piperazine rings is 1. The number of hydrogen-bond donors (Lipinski definition) is 2. The van der Waals surface area contributed by atoms with Crippen molar-refractivity contribution >= 4 is 17.6 Å². The van der Waals surface area contributed by atoms with Gasteiger partial charge in [0.05, 0.1) is 12.4 Å². The molecule has 2 saturated heterocycles. The van der Waals surface area contributed by atoms with E-state index in [2.05, 4.69) is 22.0 Å². The van der Waals surface area contributed by atoms with E-state index in [0.717, 1.165) is 57.5 Å². The number of phenolic OH excluding ortho intramolecular Hbond substituents is 1. The summed E-state index contributed by atoms with van der Waals surface area (Å²) in [5.41, 5.74) is 0.148. The first kappa shape index (κ1) is 18.1. The van der Waals surface area contributed by atoms with E-state index in [0.29, 0.717) is 6.67 Å². The molecule has 2 heterocycles. The molecule has 0 radical (unpaired) electrons. The smallest absolute Gasteiger partial charge is 0.326 e. The zero-order valence-corrected chi connectivity index (χ0v) is 15.9. The summed E-state index contributed by atoms with van der Waals surface area (Å²) in [6, 6.07) is 7.09. The number of anilines is 1. The van der Waals surface area contributed by atoms with Gasteiger partial charge < -0.3 is 15.3 Å². The van der Waals surface area contributed by atoms with Crippen molar-refractivity contribution in [3.05, 3.63) is 24.3 Å². The number of carbonyl (C=O) groups is 2. The van der Waals surface area contributed by atoms with E-state index < -0.39 is 5.54 Å². The number of amides is 3. The number of carbonyl (C=O) groups excluding carboxylic acids is 2. The lowest BCUT2D eigenvalue weighted by Gasteiger charge is -2.38. The minimum absolute atomic E-state index is 0.0529. The number of hydrogen-bond acceptors (Lipinski definition) is 5. The van der Waals surface area contributed by atoms with Crippen molar-refractivity contribution in [3.8, 4) is 5.75 Å². The molecule has 1 aliphatic carbocycles. The van der Waals surface area contributed by atoms with E-state index in [4.69, 9.17) is 0 Å². The number of para-hydroxylation sites is 2. The lowest BCUT2D eigenvalue weighted by Crippen LogP contribution is -2.55. The Kier molecular flexibility index (Phi) is 4.72. The van der Waals surface area contributed by atoms with E-state index in [1.165, 1.54) is 4.90 Å². The average Bonchev–Trinajstić information content (AvgIpc) is 2.90. The standard InChI is InChI=1S/C20H28N4O3/c1-15-6-4-5-9-20(15)18(26)24(19(27)21-20)14-22-10-12-23(13-11-22)16-7-2-3-8-17(16)25/h2-3,7-8,15,25H,4-6,9-14H2,1H3,(H,21,27)/t15-,20+/m1/s1. The Morgan fingerprint density at radius 3 is 2.59 bits per heavy atom. The summed E-state index contributed by atoms with van der Waals surface area (Å²) in [7, 11) is 0. The van der Waals surface area contributed by atoms with Crippen LogP contribution in [0.3, 0.4) is 0 Å². The third kappa shape index (κ3) is 3.14. The molecule has 1 aromatic rings. The highest BCUT2D eigenvalue weighted by molar-refractivity contribution is 6.07. The van der Waals surface area contributed by atoms with Crippen LogP contribution in [0.5, 0.6) is 5.75 Å². The fourth-order valence-corrected chi connectivity index (χ4v) is 4.69. The minimum atomic E-state index is -0.688. The summed E-state index contributed by atoms with van der Waals surface area (Å²) in [5, 5.41) is 13.1. The molecule has 7 heteroatoms. The second-order valence-corrected chi connectivity index (χ2v) is 8.02. The topological polar surface area (TPSA) is 76.1 Å². The van der Waals surface area contributed by atoms with E-state index in [-0.39, 0.29) is 23.6 Å². The van der Waals surface area contributed by atoms with E-state index in [1.807, 2.05) is 18.2 Å². The van der Waals surface area contributed by atoms with E-state index in [9.17, 15) is 14.7 Å². The monoisotopic (exact) mass is 372 g/mol. The fraction of sp³-hybridized carbons (Fsp3) is 0.600. The van der Waals surface area contributed by atoms with Crippen molar-refractivity contribution < 1.29 is 14.7 Å². The van der Waals surface area contributed by atoms with Gasteiger partial charge in [0.1, 0.15) is 11.3 Å². The van der Waals surface area contributed by atoms with Crippen LogP contribution in [0.2, 0.25) is 0 Å². The average molecular weight is 372 g/mol. The van der Waals surface area contributed by atoms with Crippen LogP contribution in [-0.2, 0) is 4.79 Å². The lowest BCUT2D eigenvalue weighted by molar-refractivity contribution is -0.135. The second-order valence-electron chi connectivity index (χ2n) is 8.02. The van der Waals surface area contributed by atoms with Crippen molar-refractivity contribution in [3.63, 3.8) is 0 Å². The van der Waals surface area contributed by atoms with Crippen LogP contribution in [0.25, 0.3) is 0 Å². The maximum atomic E-state index is 13.1. The maximum absolute atomic E-state index is 13.1. The van der Waals surface area contributed by atoms with Gasteiger partial charge in [0, 0.05) is 26.2 Å². The second kappa shape index (κ2) is 7.03. The Morgan fingerprint density at radius 2 is 1.89 bits per heavy atom. The third-order valence-corrected chi connectivity index (χ3v) is 6.44. The molecule has 3 amide bonds. The molecule has 2 N–H and O–H groups in total. The highest BCUT2D eigenvalue weighted by atomic mass is 16.3. The van der Waals surface area contributed by atoms with Gasteiger partial charge in [0.2, 0.25) is 0 Å². The quantitative estimate of drug-likeness (QED) is 0.794. The van der Waals surface area contributed by atoms with Crippen LogP contribution in [0.1, 0.15) is 32.6 Å². The van der Waals surface area contributed by atoms with Gasteiger partial charge in [0.25, 0.3) is 5.91 Å². The molecule has 0 aromatic heterocycles. The third-order valence-electron chi connectivity index (χ3n) is 6.44. The number of phenols is 1. The largest absolute Gasteiger partial charge is 0.506 e.